The largest absolute Gasteiger partial charge is 0.489 e. The van der Waals surface area contributed by atoms with Crippen molar-refractivity contribution in [3.05, 3.63) is 41.7 Å². The van der Waals surface area contributed by atoms with E-state index in [0.29, 0.717) is 50.9 Å². The van der Waals surface area contributed by atoms with Crippen molar-refractivity contribution >= 4 is 11.8 Å². The van der Waals surface area contributed by atoms with Gasteiger partial charge in [0.1, 0.15) is 6.61 Å². The predicted molar refractivity (Wildman–Crippen MR) is 116 cm³/mol. The molecule has 30 heavy (non-hydrogen) atoms. The molecule has 2 rings (SSSR count). The zero-order valence-electron chi connectivity index (χ0n) is 18.1. The fourth-order valence-corrected chi connectivity index (χ4v) is 3.33. The third-order valence-electron chi connectivity index (χ3n) is 5.10. The first-order chi connectivity index (χ1) is 14.4. The monoisotopic (exact) mass is 419 g/mol. The molecule has 3 N–H and O–H groups in total. The molecule has 0 bridgehead atoms. The third-order valence-corrected chi connectivity index (χ3v) is 5.10. The number of carbonyl (C=O) groups excluding carboxylic acids is 2. The van der Waals surface area contributed by atoms with Crippen LogP contribution < -0.4 is 20.7 Å². The molecule has 0 aromatic heterocycles. The molecule has 7 heteroatoms. The highest BCUT2D eigenvalue weighted by atomic mass is 19.1. The number of halogens is 1. The Kier molecular flexibility index (Phi) is 9.80. The fraction of sp³-hybridized carbons (Fsp3) is 0.565. The standard InChI is InChI=1S/C23H34FN3O3/c1-4-20(28)27-15-21(29)25-12-6-8-18-7-5-9-19(24)23(18)30-14-13-26-22(16(2)3)17-10-11-17/h5,7,9,17,22,26H,2,4,6,8,10-15H2,1,3H3,(H,25,29)(H,27,28). The van der Waals surface area contributed by atoms with E-state index in [-0.39, 0.29) is 29.9 Å². The van der Waals surface area contributed by atoms with Crippen LogP contribution in [0.1, 0.15) is 45.1 Å². The van der Waals surface area contributed by atoms with Crippen LogP contribution >= 0.6 is 0 Å². The lowest BCUT2D eigenvalue weighted by Gasteiger charge is -2.19. The predicted octanol–water partition coefficient (Wildman–Crippen LogP) is 2.72. The first-order valence-corrected chi connectivity index (χ1v) is 10.7. The van der Waals surface area contributed by atoms with Gasteiger partial charge in [0.2, 0.25) is 11.8 Å². The first kappa shape index (κ1) is 23.9. The molecule has 166 valence electrons. The summed E-state index contributed by atoms with van der Waals surface area (Å²) in [5, 5.41) is 8.74. The van der Waals surface area contributed by atoms with Crippen molar-refractivity contribution in [2.75, 3.05) is 26.2 Å². The van der Waals surface area contributed by atoms with Crippen LogP contribution in [0.2, 0.25) is 0 Å². The molecule has 1 fully saturated rings. The number of para-hydroxylation sites is 1. The molecule has 0 radical (unpaired) electrons. The maximum Gasteiger partial charge on any atom is 0.239 e. The Morgan fingerprint density at radius 1 is 1.23 bits per heavy atom. The van der Waals surface area contributed by atoms with Gasteiger partial charge in [-0.05, 0) is 50.2 Å². The summed E-state index contributed by atoms with van der Waals surface area (Å²) in [4.78, 5) is 22.9. The third kappa shape index (κ3) is 8.14. The lowest BCUT2D eigenvalue weighted by Crippen LogP contribution is -2.37. The van der Waals surface area contributed by atoms with Gasteiger partial charge in [-0.15, -0.1) is 0 Å². The van der Waals surface area contributed by atoms with Gasteiger partial charge in [0, 0.05) is 25.6 Å². The van der Waals surface area contributed by atoms with Crippen molar-refractivity contribution < 1.29 is 18.7 Å². The fourth-order valence-electron chi connectivity index (χ4n) is 3.33. The minimum Gasteiger partial charge on any atom is -0.489 e. The summed E-state index contributed by atoms with van der Waals surface area (Å²) >= 11 is 0. The van der Waals surface area contributed by atoms with Crippen LogP contribution in [-0.4, -0.2) is 44.1 Å². The topological polar surface area (TPSA) is 79.5 Å². The van der Waals surface area contributed by atoms with Gasteiger partial charge in [-0.2, -0.15) is 0 Å². The molecular formula is C23H34FN3O3. The minimum absolute atomic E-state index is 0.0277. The zero-order valence-corrected chi connectivity index (χ0v) is 18.1. The summed E-state index contributed by atoms with van der Waals surface area (Å²) in [5.74, 6) is 0.169. The van der Waals surface area contributed by atoms with E-state index < -0.39 is 0 Å². The van der Waals surface area contributed by atoms with Crippen molar-refractivity contribution in [2.24, 2.45) is 5.92 Å². The summed E-state index contributed by atoms with van der Waals surface area (Å²) in [5.41, 5.74) is 1.91. The number of carbonyl (C=O) groups is 2. The highest BCUT2D eigenvalue weighted by Crippen LogP contribution is 2.35. The molecule has 0 heterocycles. The van der Waals surface area contributed by atoms with Crippen LogP contribution in [0, 0.1) is 11.7 Å². The molecule has 0 spiro atoms. The van der Waals surface area contributed by atoms with Gasteiger partial charge >= 0.3 is 0 Å². The van der Waals surface area contributed by atoms with E-state index in [0.717, 1.165) is 11.1 Å². The summed E-state index contributed by atoms with van der Waals surface area (Å²) in [6.07, 6.45) is 4.03. The molecule has 1 aromatic carbocycles. The Bertz CT molecular complexity index is 734. The van der Waals surface area contributed by atoms with Gasteiger partial charge < -0.3 is 20.7 Å². The van der Waals surface area contributed by atoms with Crippen LogP contribution in [0.4, 0.5) is 4.39 Å². The molecule has 1 saturated carbocycles. The van der Waals surface area contributed by atoms with Crippen LogP contribution in [0.3, 0.4) is 0 Å². The quantitative estimate of drug-likeness (QED) is 0.320. The average Bonchev–Trinajstić information content (AvgIpc) is 3.55. The second kappa shape index (κ2) is 12.3. The van der Waals surface area contributed by atoms with Gasteiger partial charge in [0.25, 0.3) is 0 Å². The summed E-state index contributed by atoms with van der Waals surface area (Å²) < 4.78 is 20.0. The van der Waals surface area contributed by atoms with Crippen molar-refractivity contribution in [3.63, 3.8) is 0 Å². The molecule has 6 nitrogen and oxygen atoms in total. The number of ether oxygens (including phenoxy) is 1. The smallest absolute Gasteiger partial charge is 0.239 e. The summed E-state index contributed by atoms with van der Waals surface area (Å²) in [6, 6.07) is 5.21. The molecule has 1 aliphatic rings. The van der Waals surface area contributed by atoms with Gasteiger partial charge in [-0.3, -0.25) is 9.59 Å². The van der Waals surface area contributed by atoms with E-state index in [4.69, 9.17) is 4.74 Å². The van der Waals surface area contributed by atoms with E-state index in [1.54, 1.807) is 13.0 Å². The molecular weight excluding hydrogens is 385 g/mol. The van der Waals surface area contributed by atoms with Crippen LogP contribution in [0.15, 0.2) is 30.4 Å². The van der Waals surface area contributed by atoms with Crippen LogP contribution in [0.5, 0.6) is 5.75 Å². The van der Waals surface area contributed by atoms with Gasteiger partial charge in [0.05, 0.1) is 6.54 Å². The number of amides is 2. The number of rotatable bonds is 14. The van der Waals surface area contributed by atoms with E-state index in [1.807, 2.05) is 13.0 Å². The Morgan fingerprint density at radius 3 is 2.67 bits per heavy atom. The molecule has 1 aliphatic carbocycles. The van der Waals surface area contributed by atoms with Crippen LogP contribution in [-0.2, 0) is 16.0 Å². The van der Waals surface area contributed by atoms with Crippen molar-refractivity contribution in [2.45, 2.75) is 52.0 Å². The Labute approximate surface area is 178 Å². The number of hydrogen-bond donors (Lipinski definition) is 3. The second-order valence-corrected chi connectivity index (χ2v) is 7.78. The number of benzene rings is 1. The number of hydrogen-bond acceptors (Lipinski definition) is 4. The Hall–Kier alpha value is -2.41. The first-order valence-electron chi connectivity index (χ1n) is 10.7. The molecule has 0 aliphatic heterocycles. The maximum atomic E-state index is 14.3. The Balaban J connectivity index is 1.73. The van der Waals surface area contributed by atoms with E-state index in [2.05, 4.69) is 22.5 Å². The number of aryl methyl sites for hydroxylation is 1. The van der Waals surface area contributed by atoms with Gasteiger partial charge in [0.15, 0.2) is 11.6 Å². The molecule has 2 amide bonds. The van der Waals surface area contributed by atoms with Crippen molar-refractivity contribution in [1.82, 2.24) is 16.0 Å². The lowest BCUT2D eigenvalue weighted by molar-refractivity contribution is -0.125. The second-order valence-electron chi connectivity index (χ2n) is 7.78. The molecule has 1 unspecified atom stereocenters. The Morgan fingerprint density at radius 2 is 2.00 bits per heavy atom. The maximum absolute atomic E-state index is 14.3. The highest BCUT2D eigenvalue weighted by Gasteiger charge is 2.31. The van der Waals surface area contributed by atoms with Crippen molar-refractivity contribution in [3.8, 4) is 5.75 Å². The van der Waals surface area contributed by atoms with E-state index in [9.17, 15) is 14.0 Å². The molecule has 1 aromatic rings. The van der Waals surface area contributed by atoms with Crippen molar-refractivity contribution in [1.29, 1.82) is 0 Å². The lowest BCUT2D eigenvalue weighted by atomic mass is 10.1. The SMILES string of the molecule is C=C(C)C(NCCOc1c(F)cccc1CCCNC(=O)CNC(=O)CC)C1CC1. The van der Waals surface area contributed by atoms with Gasteiger partial charge in [-0.1, -0.05) is 31.2 Å². The molecule has 1 atom stereocenters. The average molecular weight is 420 g/mol. The molecule has 0 saturated heterocycles. The zero-order chi connectivity index (χ0) is 21.9. The summed E-state index contributed by atoms with van der Waals surface area (Å²) in [6.45, 7) is 9.22. The normalized spacial score (nSPS) is 14.1. The van der Waals surface area contributed by atoms with Crippen LogP contribution in [0.25, 0.3) is 0 Å². The van der Waals surface area contributed by atoms with E-state index in [1.165, 1.54) is 18.9 Å². The highest BCUT2D eigenvalue weighted by molar-refractivity contribution is 5.84. The minimum atomic E-state index is -0.377. The van der Waals surface area contributed by atoms with E-state index >= 15 is 0 Å². The number of nitrogens with one attached hydrogen (secondary N) is 3. The summed E-state index contributed by atoms with van der Waals surface area (Å²) in [7, 11) is 0. The van der Waals surface area contributed by atoms with Gasteiger partial charge in [-0.25, -0.2) is 4.39 Å².